The van der Waals surface area contributed by atoms with Crippen LogP contribution in [0.1, 0.15) is 26.2 Å². The Kier molecular flexibility index (Phi) is 5.88. The van der Waals surface area contributed by atoms with Crippen LogP contribution in [0.4, 0.5) is 4.79 Å². The Labute approximate surface area is 125 Å². The molecule has 2 saturated heterocycles. The van der Waals surface area contributed by atoms with Crippen LogP contribution in [0.5, 0.6) is 0 Å². The second kappa shape index (κ2) is 7.89. The van der Waals surface area contributed by atoms with Gasteiger partial charge in [-0.05, 0) is 32.9 Å². The van der Waals surface area contributed by atoms with Gasteiger partial charge in [-0.3, -0.25) is 9.69 Å². The van der Waals surface area contributed by atoms with E-state index in [0.29, 0.717) is 19.5 Å². The largest absolute Gasteiger partial charge is 0.509 e. The molecule has 2 fully saturated rings. The third-order valence-corrected chi connectivity index (χ3v) is 3.65. The van der Waals surface area contributed by atoms with Crippen molar-refractivity contribution in [3.63, 3.8) is 0 Å². The Balaban J connectivity index is 1.71. The van der Waals surface area contributed by atoms with Crippen molar-refractivity contribution in [3.05, 3.63) is 0 Å². The molecule has 0 aromatic rings. The first-order valence-corrected chi connectivity index (χ1v) is 7.51. The standard InChI is InChI=1S/C15H22N2O4/c1-2-20-15(19)21-13-7-12-17(14(13)18)11-6-5-10-16-8-3-4-9-16/h13H,2-4,7-12H2,1H3/t13-/m0/s1. The Morgan fingerprint density at radius 3 is 2.67 bits per heavy atom. The first kappa shape index (κ1) is 15.6. The van der Waals surface area contributed by atoms with Crippen molar-refractivity contribution < 1.29 is 19.1 Å². The Morgan fingerprint density at radius 1 is 1.24 bits per heavy atom. The number of hydrogen-bond acceptors (Lipinski definition) is 5. The van der Waals surface area contributed by atoms with E-state index in [2.05, 4.69) is 21.5 Å². The molecule has 2 rings (SSSR count). The molecule has 116 valence electrons. The predicted molar refractivity (Wildman–Crippen MR) is 76.5 cm³/mol. The molecule has 21 heavy (non-hydrogen) atoms. The second-order valence-electron chi connectivity index (χ2n) is 5.17. The lowest BCUT2D eigenvalue weighted by molar-refractivity contribution is -0.135. The summed E-state index contributed by atoms with van der Waals surface area (Å²) >= 11 is 0. The highest BCUT2D eigenvalue weighted by Crippen LogP contribution is 2.14. The van der Waals surface area contributed by atoms with Crippen LogP contribution in [-0.2, 0) is 14.3 Å². The zero-order valence-corrected chi connectivity index (χ0v) is 12.5. The fraction of sp³-hybridized carbons (Fsp3) is 0.733. The van der Waals surface area contributed by atoms with E-state index >= 15 is 0 Å². The van der Waals surface area contributed by atoms with E-state index in [0.717, 1.165) is 19.6 Å². The van der Waals surface area contributed by atoms with E-state index < -0.39 is 12.3 Å². The monoisotopic (exact) mass is 294 g/mol. The fourth-order valence-electron chi connectivity index (χ4n) is 2.50. The second-order valence-corrected chi connectivity index (χ2v) is 5.17. The summed E-state index contributed by atoms with van der Waals surface area (Å²) in [5.74, 6) is 5.94. The molecule has 0 radical (unpaired) electrons. The minimum absolute atomic E-state index is 0.182. The normalized spacial score (nSPS) is 22.0. The third-order valence-electron chi connectivity index (χ3n) is 3.65. The molecule has 0 unspecified atom stereocenters. The van der Waals surface area contributed by atoms with Crippen LogP contribution >= 0.6 is 0 Å². The van der Waals surface area contributed by atoms with E-state index in [4.69, 9.17) is 4.74 Å². The Morgan fingerprint density at radius 2 is 1.95 bits per heavy atom. The summed E-state index contributed by atoms with van der Waals surface area (Å²) < 4.78 is 9.65. The minimum Gasteiger partial charge on any atom is -0.435 e. The highest BCUT2D eigenvalue weighted by atomic mass is 16.7. The molecule has 0 aromatic heterocycles. The predicted octanol–water partition coefficient (Wildman–Crippen LogP) is 0.860. The number of nitrogens with zero attached hydrogens (tertiary/aromatic N) is 2. The lowest BCUT2D eigenvalue weighted by Gasteiger charge is -2.13. The van der Waals surface area contributed by atoms with E-state index in [1.54, 1.807) is 11.8 Å². The summed E-state index contributed by atoms with van der Waals surface area (Å²) in [7, 11) is 0. The van der Waals surface area contributed by atoms with Crippen molar-refractivity contribution in [2.45, 2.75) is 32.3 Å². The van der Waals surface area contributed by atoms with Gasteiger partial charge < -0.3 is 14.4 Å². The molecule has 0 aromatic carbocycles. The molecule has 2 heterocycles. The van der Waals surface area contributed by atoms with Crippen LogP contribution in [0.3, 0.4) is 0 Å². The number of likely N-dealkylation sites (tertiary alicyclic amines) is 2. The third kappa shape index (κ3) is 4.64. The average Bonchev–Trinajstić information content (AvgIpc) is 3.08. The van der Waals surface area contributed by atoms with Gasteiger partial charge in [-0.1, -0.05) is 11.8 Å². The maximum absolute atomic E-state index is 12.0. The maximum Gasteiger partial charge on any atom is 0.509 e. The molecule has 2 aliphatic heterocycles. The van der Waals surface area contributed by atoms with Crippen molar-refractivity contribution in [2.24, 2.45) is 0 Å². The summed E-state index contributed by atoms with van der Waals surface area (Å²) in [5, 5.41) is 0. The number of ether oxygens (including phenoxy) is 2. The quantitative estimate of drug-likeness (QED) is 0.568. The number of rotatable bonds is 4. The summed E-state index contributed by atoms with van der Waals surface area (Å²) in [4.78, 5) is 27.2. The van der Waals surface area contributed by atoms with Crippen molar-refractivity contribution in [3.8, 4) is 11.8 Å². The zero-order chi connectivity index (χ0) is 15.1. The first-order valence-electron chi connectivity index (χ1n) is 7.51. The van der Waals surface area contributed by atoms with Gasteiger partial charge in [0.15, 0.2) is 6.10 Å². The van der Waals surface area contributed by atoms with Crippen LogP contribution in [0.2, 0.25) is 0 Å². The summed E-state index contributed by atoms with van der Waals surface area (Å²) in [6, 6.07) is 0. The van der Waals surface area contributed by atoms with E-state index in [1.165, 1.54) is 12.8 Å². The van der Waals surface area contributed by atoms with Crippen molar-refractivity contribution in [1.82, 2.24) is 9.80 Å². The van der Waals surface area contributed by atoms with Crippen molar-refractivity contribution in [2.75, 3.05) is 39.3 Å². The molecule has 0 aliphatic carbocycles. The fourth-order valence-corrected chi connectivity index (χ4v) is 2.50. The SMILES string of the molecule is CCOC(=O)O[C@H]1CCN(CC#CCN2CCCC2)C1=O. The molecule has 0 saturated carbocycles. The molecular formula is C15H22N2O4. The highest BCUT2D eigenvalue weighted by Gasteiger charge is 2.34. The molecule has 1 atom stereocenters. The van der Waals surface area contributed by atoms with E-state index in [9.17, 15) is 9.59 Å². The number of carbonyl (C=O) groups is 2. The van der Waals surface area contributed by atoms with Gasteiger partial charge in [0.1, 0.15) is 0 Å². The van der Waals surface area contributed by atoms with Gasteiger partial charge >= 0.3 is 6.16 Å². The number of carbonyl (C=O) groups excluding carboxylic acids is 2. The van der Waals surface area contributed by atoms with Gasteiger partial charge in [-0.15, -0.1) is 0 Å². The van der Waals surface area contributed by atoms with Crippen LogP contribution in [0, 0.1) is 11.8 Å². The smallest absolute Gasteiger partial charge is 0.435 e. The Hall–Kier alpha value is -1.74. The number of amides is 1. The van der Waals surface area contributed by atoms with Crippen LogP contribution in [0.25, 0.3) is 0 Å². The van der Waals surface area contributed by atoms with Gasteiger partial charge in [0.05, 0.1) is 19.7 Å². The highest BCUT2D eigenvalue weighted by molar-refractivity contribution is 5.85. The summed E-state index contributed by atoms with van der Waals surface area (Å²) in [6.45, 7) is 5.91. The summed E-state index contributed by atoms with van der Waals surface area (Å²) in [5.41, 5.74) is 0. The summed E-state index contributed by atoms with van der Waals surface area (Å²) in [6.07, 6.45) is 1.51. The first-order chi connectivity index (χ1) is 10.2. The van der Waals surface area contributed by atoms with Gasteiger partial charge in [0, 0.05) is 13.0 Å². The zero-order valence-electron chi connectivity index (χ0n) is 12.5. The molecule has 0 spiro atoms. The lowest BCUT2D eigenvalue weighted by Crippen LogP contribution is -2.32. The van der Waals surface area contributed by atoms with Gasteiger partial charge in [-0.25, -0.2) is 4.79 Å². The lowest BCUT2D eigenvalue weighted by atomic mass is 10.3. The van der Waals surface area contributed by atoms with Gasteiger partial charge in [0.25, 0.3) is 5.91 Å². The van der Waals surface area contributed by atoms with Crippen LogP contribution < -0.4 is 0 Å². The number of hydrogen-bond donors (Lipinski definition) is 0. The van der Waals surface area contributed by atoms with Crippen LogP contribution in [0.15, 0.2) is 0 Å². The van der Waals surface area contributed by atoms with Crippen LogP contribution in [-0.4, -0.2) is 67.3 Å². The van der Waals surface area contributed by atoms with Crippen molar-refractivity contribution >= 4 is 12.1 Å². The maximum atomic E-state index is 12.0. The minimum atomic E-state index is -0.780. The van der Waals surface area contributed by atoms with Gasteiger partial charge in [0.2, 0.25) is 0 Å². The van der Waals surface area contributed by atoms with E-state index in [1.807, 2.05) is 0 Å². The van der Waals surface area contributed by atoms with E-state index in [-0.39, 0.29) is 12.5 Å². The molecule has 6 nitrogen and oxygen atoms in total. The molecule has 1 amide bonds. The Bertz CT molecular complexity index is 435. The average molecular weight is 294 g/mol. The van der Waals surface area contributed by atoms with Crippen molar-refractivity contribution in [1.29, 1.82) is 0 Å². The molecule has 2 aliphatic rings. The molecule has 6 heteroatoms. The molecule has 0 N–H and O–H groups in total. The molecular weight excluding hydrogens is 272 g/mol. The topological polar surface area (TPSA) is 59.1 Å². The molecule has 0 bridgehead atoms. The van der Waals surface area contributed by atoms with Gasteiger partial charge in [-0.2, -0.15) is 0 Å².